The van der Waals surface area contributed by atoms with E-state index in [0.29, 0.717) is 31.3 Å². The Morgan fingerprint density at radius 3 is 2.39 bits per heavy atom. The molecule has 1 amide bonds. The van der Waals surface area contributed by atoms with Gasteiger partial charge in [-0.3, -0.25) is 0 Å². The molecule has 13 heteroatoms. The molecule has 0 radical (unpaired) electrons. The minimum absolute atomic E-state index is 0.0292. The van der Waals surface area contributed by atoms with E-state index in [0.717, 1.165) is 4.31 Å². The summed E-state index contributed by atoms with van der Waals surface area (Å²) in [6.45, 7) is 7.39. The fourth-order valence-corrected chi connectivity index (χ4v) is 4.72. The highest BCUT2D eigenvalue weighted by Gasteiger charge is 2.28. The normalized spacial score (nSPS) is 14.3. The summed E-state index contributed by atoms with van der Waals surface area (Å²) in [7, 11) is -1.80. The molecule has 1 saturated heterocycles. The number of carboxylic acid groups (broad SMARTS) is 1. The molecule has 0 unspecified atom stereocenters. The van der Waals surface area contributed by atoms with Crippen molar-refractivity contribution < 1.29 is 32.6 Å². The zero-order valence-corrected chi connectivity index (χ0v) is 20.4. The topological polar surface area (TPSA) is 130 Å². The van der Waals surface area contributed by atoms with Crippen LogP contribution in [-0.4, -0.2) is 74.4 Å². The summed E-state index contributed by atoms with van der Waals surface area (Å²) in [5.74, 6) is -0.893. The molecule has 2 heterocycles. The maximum absolute atomic E-state index is 12.3. The quantitative estimate of drug-likeness (QED) is 0.577. The number of piperazine rings is 1. The van der Waals surface area contributed by atoms with E-state index in [1.54, 1.807) is 10.3 Å². The average molecular weight is 499 g/mol. The molecule has 1 fully saturated rings. The van der Waals surface area contributed by atoms with E-state index in [1.807, 2.05) is 25.7 Å². The predicted octanol–water partition coefficient (Wildman–Crippen LogP) is 2.57. The van der Waals surface area contributed by atoms with Gasteiger partial charge in [-0.2, -0.15) is 0 Å². The summed E-state index contributed by atoms with van der Waals surface area (Å²) in [6, 6.07) is 3.92. The average Bonchev–Trinajstić information content (AvgIpc) is 3.22. The van der Waals surface area contributed by atoms with Crippen molar-refractivity contribution in [3.8, 4) is 5.75 Å². The Hall–Kier alpha value is -3.06. The lowest BCUT2D eigenvalue weighted by Gasteiger charge is -2.35. The molecule has 3 rings (SSSR count). The fourth-order valence-electron chi connectivity index (χ4n) is 3.19. The number of aromatic nitrogens is 1. The monoisotopic (exact) mass is 498 g/mol. The number of carbonyl (C=O) groups excluding carboxylic acids is 1. The highest BCUT2D eigenvalue weighted by molar-refractivity contribution is 7.74. The van der Waals surface area contributed by atoms with Crippen LogP contribution in [0.1, 0.15) is 31.1 Å². The second-order valence-electron chi connectivity index (χ2n) is 8.18. The van der Waals surface area contributed by atoms with Crippen molar-refractivity contribution in [2.24, 2.45) is 0 Å². The lowest BCUT2D eigenvalue weighted by atomic mass is 10.2. The third-order valence-electron chi connectivity index (χ3n) is 4.72. The molecule has 1 aliphatic heterocycles. The van der Waals surface area contributed by atoms with Crippen LogP contribution in [0, 0.1) is 0 Å². The Morgan fingerprint density at radius 2 is 1.85 bits per heavy atom. The molecule has 2 aromatic rings. The Bertz CT molecular complexity index is 1090. The SMILES string of the molecule is COc1cc(C(=O)O)ccc1N(c1csc(N2CCN(C(=O)OC(C)(C)C)CC2)n1)[SH](=O)=O. The number of carboxylic acids is 1. The summed E-state index contributed by atoms with van der Waals surface area (Å²) in [5.41, 5.74) is -0.440. The summed E-state index contributed by atoms with van der Waals surface area (Å²) >= 11 is 1.27. The number of carbonyl (C=O) groups is 2. The minimum atomic E-state index is -3.13. The van der Waals surface area contributed by atoms with Crippen molar-refractivity contribution >= 4 is 50.9 Å². The molecule has 1 aromatic heterocycles. The van der Waals surface area contributed by atoms with Crippen LogP contribution in [-0.2, 0) is 15.6 Å². The third kappa shape index (κ3) is 5.85. The van der Waals surface area contributed by atoms with E-state index >= 15 is 0 Å². The molecule has 180 valence electrons. The predicted molar refractivity (Wildman–Crippen MR) is 125 cm³/mol. The van der Waals surface area contributed by atoms with Crippen LogP contribution in [0.25, 0.3) is 0 Å². The summed E-state index contributed by atoms with van der Waals surface area (Å²) < 4.78 is 35.8. The van der Waals surface area contributed by atoms with Crippen molar-refractivity contribution in [2.75, 3.05) is 42.5 Å². The van der Waals surface area contributed by atoms with Crippen LogP contribution < -0.4 is 13.9 Å². The fraction of sp³-hybridized carbons (Fsp3) is 0.450. The second kappa shape index (κ2) is 9.83. The molecule has 0 spiro atoms. The number of thiol groups is 1. The maximum Gasteiger partial charge on any atom is 0.410 e. The first-order valence-electron chi connectivity index (χ1n) is 10.0. The van der Waals surface area contributed by atoms with Crippen molar-refractivity contribution in [2.45, 2.75) is 26.4 Å². The second-order valence-corrected chi connectivity index (χ2v) is 9.90. The number of methoxy groups -OCH3 is 1. The highest BCUT2D eigenvalue weighted by Crippen LogP contribution is 2.37. The number of ether oxygens (including phenoxy) is 2. The van der Waals surface area contributed by atoms with E-state index in [-0.39, 0.29) is 28.9 Å². The molecule has 1 aromatic carbocycles. The van der Waals surface area contributed by atoms with Crippen LogP contribution in [0.4, 0.5) is 21.4 Å². The molecule has 1 N–H and O–H groups in total. The first kappa shape index (κ1) is 24.6. The minimum Gasteiger partial charge on any atom is -0.495 e. The van der Waals surface area contributed by atoms with Gasteiger partial charge in [-0.1, -0.05) is 0 Å². The number of thiazole rings is 1. The first-order chi connectivity index (χ1) is 15.5. The molecule has 1 aliphatic rings. The van der Waals surface area contributed by atoms with Crippen molar-refractivity contribution in [1.82, 2.24) is 9.88 Å². The van der Waals surface area contributed by atoms with Crippen LogP contribution in [0.2, 0.25) is 0 Å². The van der Waals surface area contributed by atoms with Gasteiger partial charge in [-0.25, -0.2) is 27.3 Å². The molecular formula is C20H26N4O7S2. The number of benzene rings is 1. The van der Waals surface area contributed by atoms with Gasteiger partial charge in [0.25, 0.3) is 0 Å². The smallest absolute Gasteiger partial charge is 0.410 e. The Labute approximate surface area is 197 Å². The third-order valence-corrected chi connectivity index (χ3v) is 6.35. The maximum atomic E-state index is 12.3. The lowest BCUT2D eigenvalue weighted by molar-refractivity contribution is 0.0240. The van der Waals surface area contributed by atoms with Gasteiger partial charge in [-0.05, 0) is 39.0 Å². The summed E-state index contributed by atoms with van der Waals surface area (Å²) in [5, 5.41) is 11.4. The largest absolute Gasteiger partial charge is 0.495 e. The van der Waals surface area contributed by atoms with E-state index < -0.39 is 22.5 Å². The Kier molecular flexibility index (Phi) is 7.32. The van der Waals surface area contributed by atoms with Gasteiger partial charge in [0.05, 0.1) is 12.7 Å². The van der Waals surface area contributed by atoms with E-state index in [2.05, 4.69) is 4.98 Å². The lowest BCUT2D eigenvalue weighted by Crippen LogP contribution is -2.50. The van der Waals surface area contributed by atoms with Crippen molar-refractivity contribution in [3.63, 3.8) is 0 Å². The van der Waals surface area contributed by atoms with Gasteiger partial charge in [0.1, 0.15) is 17.0 Å². The molecule has 0 atom stereocenters. The Balaban J connectivity index is 1.77. The van der Waals surface area contributed by atoms with Gasteiger partial charge >= 0.3 is 12.1 Å². The number of hydrogen-bond donors (Lipinski definition) is 2. The number of hydrogen-bond acceptors (Lipinski definition) is 9. The number of nitrogens with zero attached hydrogens (tertiary/aromatic N) is 4. The van der Waals surface area contributed by atoms with E-state index in [9.17, 15) is 23.1 Å². The first-order valence-corrected chi connectivity index (χ1v) is 12.1. The van der Waals surface area contributed by atoms with Gasteiger partial charge in [-0.15, -0.1) is 11.3 Å². The van der Waals surface area contributed by atoms with Gasteiger partial charge in [0, 0.05) is 31.6 Å². The molecule has 0 aliphatic carbocycles. The van der Waals surface area contributed by atoms with Crippen LogP contribution in [0.3, 0.4) is 0 Å². The zero-order chi connectivity index (χ0) is 24.3. The Morgan fingerprint density at radius 1 is 1.18 bits per heavy atom. The molecule has 0 saturated carbocycles. The zero-order valence-electron chi connectivity index (χ0n) is 18.7. The van der Waals surface area contributed by atoms with E-state index in [4.69, 9.17) is 9.47 Å². The highest BCUT2D eigenvalue weighted by atomic mass is 32.2. The summed E-state index contributed by atoms with van der Waals surface area (Å²) in [4.78, 5) is 31.6. The van der Waals surface area contributed by atoms with Crippen molar-refractivity contribution in [3.05, 3.63) is 29.1 Å². The summed E-state index contributed by atoms with van der Waals surface area (Å²) in [6.07, 6.45) is -0.367. The molecular weight excluding hydrogens is 472 g/mol. The van der Waals surface area contributed by atoms with Crippen LogP contribution in [0.5, 0.6) is 5.75 Å². The number of anilines is 3. The van der Waals surface area contributed by atoms with Gasteiger partial charge in [0.15, 0.2) is 10.9 Å². The molecule has 33 heavy (non-hydrogen) atoms. The molecule has 0 bridgehead atoms. The molecule has 11 nitrogen and oxygen atoms in total. The van der Waals surface area contributed by atoms with Gasteiger partial charge < -0.3 is 24.4 Å². The van der Waals surface area contributed by atoms with Crippen molar-refractivity contribution in [1.29, 1.82) is 0 Å². The number of rotatable bonds is 6. The van der Waals surface area contributed by atoms with Crippen LogP contribution >= 0.6 is 11.3 Å². The number of amides is 1. The number of aromatic carboxylic acids is 1. The van der Waals surface area contributed by atoms with Gasteiger partial charge in [0.2, 0.25) is 10.9 Å². The van der Waals surface area contributed by atoms with Crippen LogP contribution in [0.15, 0.2) is 23.6 Å². The standard InChI is InChI=1S/C20H26N4O7S2/c1-20(2,3)31-19(27)23-9-7-22(8-10-23)18-21-16(12-32-18)24(33(28)29)14-6-5-13(17(25)26)11-15(14)30-4/h5-6,11-12,33H,7-10H2,1-4H3,(H,25,26). The van der Waals surface area contributed by atoms with E-state index in [1.165, 1.54) is 36.6 Å².